The number of primary amides is 1. The molecule has 26 atom stereocenters. The number of hydrogen-bond donors (Lipinski definition) is 31. The number of carboxylic acid groups (broad SMARTS) is 3. The minimum Gasteiger partial charge on any atom is -0.508 e. The van der Waals surface area contributed by atoms with Crippen LogP contribution in [0.4, 0.5) is 0 Å². The van der Waals surface area contributed by atoms with Gasteiger partial charge in [0.2, 0.25) is 106 Å². The van der Waals surface area contributed by atoms with Gasteiger partial charge in [-0.1, -0.05) is 46.2 Å². The Morgan fingerprint density at radius 2 is 1.01 bits per heavy atom. The van der Waals surface area contributed by atoms with E-state index >= 15 is 14.4 Å². The number of aliphatic hydroxyl groups excluding tert-OH is 8. The molecular weight excluding hydrogens is 1930 g/mol. The molecule has 0 aliphatic carbocycles. The number of carboxylic acids is 3. The molecule has 4 saturated heterocycles. The third-order valence-electron chi connectivity index (χ3n) is 24.0. The standard InChI is InChI=1S/C88H140N20O37/c1-8-40(4)65(83(137)104-53(86(140)141)30-39(2)3)106-79(133)51(31-44-17-19-45(114)20-18-44)103-82(136)56-16-13-29-108(56)85(139)50(15-10-12-28-90)101-75(129)46(14-9-11-27-89)100-84(138)66(42(6)142-87-67(95-43(7)113)72(69(124)58(38-112)143-87)145-88-71(126)70(125)68(123)57(37-111)144-88)107-73(127)41(5)94-78(132)52(32-59(91)115)102-80(134)54(35-109)97-62(118)34-92-61(117)33-93-74(128)47(22-25-63(119)120)98-77(131)49(23-26-64(121)122)99-81(135)55(36-110)105-76(130)48-21-24-60(116)96-48/h17-20,39-42,46-58,65-72,87-88,109-112,114,123-126H,8-16,21-38,89-90H2,1-7H3,(H2,91,115)(H,92,117)(H,93,128)(H,94,132)(H,95,113)(H,96,116)(H,97,118)(H,98,131)(H,99,135)(H,100,138)(H,101,129)(H,102,134)(H,103,136)(H,104,137)(H,105,130)(H,106,133)(H,107,127)(H,119,120)(H,121,122)(H,140,141)/t40-,41-,42+,46-,47-,48-,49-,50-,51-,52-,53-,54-,55-,56-,57+,58+,65-,66-,67+,68-,69-,70-,71+,72+,87-,88-/m0/s1. The van der Waals surface area contributed by atoms with Crippen LogP contribution >= 0.6 is 0 Å². The smallest absolute Gasteiger partial charge is 0.326 e. The zero-order valence-electron chi connectivity index (χ0n) is 81.2. The number of nitrogens with two attached hydrogens (primary N) is 3. The number of unbranched alkanes of at least 4 members (excludes halogenated alkanes) is 2. The largest absolute Gasteiger partial charge is 0.508 e. The Morgan fingerprint density at radius 1 is 0.517 bits per heavy atom. The molecule has 1 aromatic carbocycles. The average molecular weight is 2070 g/mol. The van der Waals surface area contributed by atoms with Gasteiger partial charge < -0.3 is 187 Å². The number of phenols is 1. The van der Waals surface area contributed by atoms with E-state index in [1.807, 2.05) is 5.32 Å². The highest BCUT2D eigenvalue weighted by molar-refractivity contribution is 6.02. The van der Waals surface area contributed by atoms with Crippen LogP contribution in [0.15, 0.2) is 24.3 Å². The van der Waals surface area contributed by atoms with Crippen LogP contribution in [0.25, 0.3) is 0 Å². The third-order valence-corrected chi connectivity index (χ3v) is 24.0. The number of carbonyl (C=O) groups excluding carboxylic acids is 18. The molecule has 4 aliphatic rings. The maximum absolute atomic E-state index is 15.5. The van der Waals surface area contributed by atoms with Crippen molar-refractivity contribution in [3.8, 4) is 5.75 Å². The molecule has 18 amide bonds. The molecule has 57 nitrogen and oxygen atoms in total. The summed E-state index contributed by atoms with van der Waals surface area (Å²) in [5.41, 5.74) is 17.8. The summed E-state index contributed by atoms with van der Waals surface area (Å²) in [5.74, 6) is -25.2. The van der Waals surface area contributed by atoms with Crippen LogP contribution in [-0.2, 0) is 126 Å². The second kappa shape index (κ2) is 60.9. The van der Waals surface area contributed by atoms with Crippen LogP contribution in [0, 0.1) is 11.8 Å². The number of carbonyl (C=O) groups is 21. The molecule has 5 rings (SSSR count). The summed E-state index contributed by atoms with van der Waals surface area (Å²) in [4.78, 5) is 286. The van der Waals surface area contributed by atoms with Gasteiger partial charge in [-0.2, -0.15) is 0 Å². The van der Waals surface area contributed by atoms with Crippen molar-refractivity contribution in [2.24, 2.45) is 29.0 Å². The minimum atomic E-state index is -2.22. The monoisotopic (exact) mass is 2070 g/mol. The molecule has 0 unspecified atom stereocenters. The Balaban J connectivity index is 1.43. The summed E-state index contributed by atoms with van der Waals surface area (Å²) in [6.07, 6.45) is -23.4. The molecule has 0 saturated carbocycles. The van der Waals surface area contributed by atoms with Crippen molar-refractivity contribution in [2.75, 3.05) is 59.2 Å². The maximum atomic E-state index is 15.5. The quantitative estimate of drug-likeness (QED) is 0.0269. The molecule has 145 heavy (non-hydrogen) atoms. The lowest BCUT2D eigenvalue weighted by atomic mass is 9.95. The molecule has 0 radical (unpaired) electrons. The molecule has 0 aromatic heterocycles. The van der Waals surface area contributed by atoms with E-state index in [0.29, 0.717) is 12.0 Å². The fourth-order valence-corrected chi connectivity index (χ4v) is 15.8. The van der Waals surface area contributed by atoms with Gasteiger partial charge in [-0.15, -0.1) is 0 Å². The summed E-state index contributed by atoms with van der Waals surface area (Å²) in [5, 5.41) is 161. The predicted octanol–water partition coefficient (Wildman–Crippen LogP) is -13.5. The number of nitrogens with zero attached hydrogens (tertiary/aromatic N) is 1. The van der Waals surface area contributed by atoms with Crippen LogP contribution < -0.4 is 102 Å². The number of likely N-dealkylation sites (tertiary alicyclic amines) is 1. The fraction of sp³-hybridized carbons (Fsp3) is 0.693. The number of phenolic OH excluding ortho intramolecular Hbond substituents is 1. The first-order valence-corrected chi connectivity index (χ1v) is 47.4. The van der Waals surface area contributed by atoms with E-state index < -0.39 is 354 Å². The van der Waals surface area contributed by atoms with Crippen molar-refractivity contribution in [3.05, 3.63) is 29.8 Å². The highest BCUT2D eigenvalue weighted by Gasteiger charge is 2.54. The van der Waals surface area contributed by atoms with Gasteiger partial charge in [-0.05, 0) is 134 Å². The lowest BCUT2D eigenvalue weighted by molar-refractivity contribution is -0.347. The second-order valence-corrected chi connectivity index (χ2v) is 35.9. The average Bonchev–Trinajstić information content (AvgIpc) is 1.29. The summed E-state index contributed by atoms with van der Waals surface area (Å²) in [7, 11) is 0. The van der Waals surface area contributed by atoms with E-state index in [1.54, 1.807) is 27.7 Å². The number of rotatable bonds is 62. The SMILES string of the molecule is CC[C@H](C)[C@H](NC(=O)[C@H](Cc1ccc(O)cc1)NC(=O)[C@@H]1CCCN1C(=O)[C@H](CCCCN)NC(=O)[C@H](CCCCN)NC(=O)[C@@H](NC(=O)[C@H](C)NC(=O)[C@H](CC(N)=O)NC(=O)[C@H](CO)NC(=O)CNC(=O)CNC(=O)[C@H](CCC(=O)O)NC(=O)[C@H](CCC(=O)O)NC(=O)[C@H](CO)NC(=O)[C@@H]1CCC(=O)N1)[C@@H](C)O[C@H]1O[C@H](CO)[C@H](O)[C@H](O[C@@H]2O[C@H](CO)[C@H](O)[C@H](O)[C@H]2O)[C@H]1NC(C)=O)C(=O)N[C@@H](CC(C)C)C(=O)O. The summed E-state index contributed by atoms with van der Waals surface area (Å²) in [6, 6.07) is -20.0. The van der Waals surface area contributed by atoms with Crippen molar-refractivity contribution < 1.29 is 181 Å². The van der Waals surface area contributed by atoms with Crippen molar-refractivity contribution in [1.82, 2.24) is 90.0 Å². The van der Waals surface area contributed by atoms with E-state index in [2.05, 4.69) is 79.8 Å². The fourth-order valence-electron chi connectivity index (χ4n) is 15.8. The first-order chi connectivity index (χ1) is 68.4. The number of aliphatic hydroxyl groups is 8. The van der Waals surface area contributed by atoms with Crippen molar-refractivity contribution in [1.29, 1.82) is 0 Å². The topological polar surface area (TPSA) is 912 Å². The highest BCUT2D eigenvalue weighted by atomic mass is 16.7. The molecular formula is C88H140N20O37. The van der Waals surface area contributed by atoms with E-state index in [9.17, 15) is 148 Å². The van der Waals surface area contributed by atoms with Gasteiger partial charge in [0, 0.05) is 39.2 Å². The summed E-state index contributed by atoms with van der Waals surface area (Å²) >= 11 is 0. The Bertz CT molecular complexity index is 4600. The maximum Gasteiger partial charge on any atom is 0.326 e. The van der Waals surface area contributed by atoms with E-state index in [1.165, 1.54) is 29.2 Å². The highest BCUT2D eigenvalue weighted by Crippen LogP contribution is 2.32. The molecule has 4 heterocycles. The molecule has 0 spiro atoms. The molecule has 4 aliphatic heterocycles. The zero-order valence-corrected chi connectivity index (χ0v) is 81.2. The Labute approximate surface area is 831 Å². The summed E-state index contributed by atoms with van der Waals surface area (Å²) in [6.45, 7) is 3.33. The van der Waals surface area contributed by atoms with Crippen LogP contribution in [-0.4, -0.2) is 402 Å². The first kappa shape index (κ1) is 123. The molecule has 814 valence electrons. The number of nitrogens with one attached hydrogen (secondary N) is 16. The van der Waals surface area contributed by atoms with E-state index in [0.717, 1.165) is 20.8 Å². The number of ether oxygens (including phenoxy) is 4. The minimum absolute atomic E-state index is 0.00637. The van der Waals surface area contributed by atoms with Gasteiger partial charge >= 0.3 is 17.9 Å². The van der Waals surface area contributed by atoms with Gasteiger partial charge in [0.1, 0.15) is 139 Å². The predicted molar refractivity (Wildman–Crippen MR) is 495 cm³/mol. The van der Waals surface area contributed by atoms with Crippen LogP contribution in [0.2, 0.25) is 0 Å². The Hall–Kier alpha value is -12.7. The van der Waals surface area contributed by atoms with Gasteiger partial charge in [0.25, 0.3) is 0 Å². The lowest BCUT2D eigenvalue weighted by Gasteiger charge is -2.48. The molecule has 57 heteroatoms. The van der Waals surface area contributed by atoms with Crippen molar-refractivity contribution in [3.63, 3.8) is 0 Å². The number of aliphatic carboxylic acids is 3. The van der Waals surface area contributed by atoms with E-state index in [-0.39, 0.29) is 108 Å². The van der Waals surface area contributed by atoms with Crippen molar-refractivity contribution in [2.45, 2.75) is 316 Å². The second-order valence-electron chi connectivity index (χ2n) is 35.9. The molecule has 4 fully saturated rings. The molecule has 34 N–H and O–H groups in total. The normalized spacial score (nSPS) is 22.6. The zero-order chi connectivity index (χ0) is 109. The number of hydrogen-bond acceptors (Lipinski definition) is 36. The Kier molecular flexibility index (Phi) is 51.6. The summed E-state index contributed by atoms with van der Waals surface area (Å²) < 4.78 is 23.8. The van der Waals surface area contributed by atoms with Gasteiger partial charge in [0.05, 0.1) is 52.0 Å². The molecule has 0 bridgehead atoms. The van der Waals surface area contributed by atoms with Gasteiger partial charge in [-0.25, -0.2) is 4.79 Å². The van der Waals surface area contributed by atoms with Gasteiger partial charge in [0.15, 0.2) is 12.6 Å². The number of aromatic hydroxyl groups is 1. The van der Waals surface area contributed by atoms with Gasteiger partial charge in [-0.3, -0.25) is 95.9 Å². The number of benzene rings is 1. The van der Waals surface area contributed by atoms with Crippen LogP contribution in [0.1, 0.15) is 163 Å². The lowest BCUT2D eigenvalue weighted by Crippen LogP contribution is -2.69. The number of amides is 18. The first-order valence-electron chi connectivity index (χ1n) is 47.4. The van der Waals surface area contributed by atoms with Crippen molar-refractivity contribution >= 4 is 124 Å². The Morgan fingerprint density at radius 3 is 1.55 bits per heavy atom. The molecule has 1 aromatic rings. The van der Waals surface area contributed by atoms with Crippen LogP contribution in [0.5, 0.6) is 5.75 Å². The van der Waals surface area contributed by atoms with E-state index in [4.69, 9.17) is 36.1 Å². The third kappa shape index (κ3) is 39.3. The van der Waals surface area contributed by atoms with Crippen LogP contribution in [0.3, 0.4) is 0 Å².